The number of Topliss-reactive ketones (excluding diaryl/α,β-unsaturated/α-hetero) is 1. The average molecular weight is 239 g/mol. The molecular formula is C16H17NO. The number of hydrogen-bond acceptors (Lipinski definition) is 2. The van der Waals surface area contributed by atoms with Gasteiger partial charge in [-0.05, 0) is 31.4 Å². The van der Waals surface area contributed by atoms with Crippen molar-refractivity contribution in [2.24, 2.45) is 10.9 Å². The second kappa shape index (κ2) is 5.13. The fourth-order valence-electron chi connectivity index (χ4n) is 1.98. The molecule has 1 atom stereocenters. The molecule has 1 aliphatic rings. The van der Waals surface area contributed by atoms with Gasteiger partial charge in [0.25, 0.3) is 0 Å². The molecule has 1 aromatic rings. The highest BCUT2D eigenvalue weighted by atomic mass is 16.1. The van der Waals surface area contributed by atoms with E-state index in [1.807, 2.05) is 44.2 Å². The molecule has 0 bridgehead atoms. The zero-order chi connectivity index (χ0) is 13.1. The first-order valence-electron chi connectivity index (χ1n) is 6.11. The normalized spacial score (nSPS) is 18.3. The molecule has 0 N–H and O–H groups in total. The van der Waals surface area contributed by atoms with Crippen molar-refractivity contribution in [1.82, 2.24) is 0 Å². The number of aliphatic imine (C=N–C) groups is 1. The predicted octanol–water partition coefficient (Wildman–Crippen LogP) is 3.65. The number of carbonyl (C=O) groups excluding carboxylic acids is 1. The van der Waals surface area contributed by atoms with Gasteiger partial charge in [0.2, 0.25) is 5.78 Å². The van der Waals surface area contributed by atoms with Gasteiger partial charge in [-0.25, -0.2) is 0 Å². The second-order valence-electron chi connectivity index (χ2n) is 4.58. The van der Waals surface area contributed by atoms with Crippen LogP contribution in [0.4, 0.5) is 0 Å². The average Bonchev–Trinajstić information content (AvgIpc) is 2.41. The van der Waals surface area contributed by atoms with Crippen LogP contribution in [0.15, 0.2) is 47.6 Å². The van der Waals surface area contributed by atoms with Crippen molar-refractivity contribution < 1.29 is 4.79 Å². The minimum absolute atomic E-state index is 0.00922. The van der Waals surface area contributed by atoms with Crippen molar-refractivity contribution in [2.45, 2.75) is 20.3 Å². The molecule has 0 saturated carbocycles. The van der Waals surface area contributed by atoms with E-state index in [9.17, 15) is 4.79 Å². The molecule has 1 aromatic carbocycles. The number of hydrogen-bond donors (Lipinski definition) is 0. The lowest BCUT2D eigenvalue weighted by Gasteiger charge is -2.12. The second-order valence-corrected chi connectivity index (χ2v) is 4.58. The Labute approximate surface area is 108 Å². The van der Waals surface area contributed by atoms with Crippen LogP contribution < -0.4 is 0 Å². The maximum Gasteiger partial charge on any atom is 0.211 e. The Morgan fingerprint density at radius 1 is 1.44 bits per heavy atom. The number of carbonyl (C=O) groups is 1. The van der Waals surface area contributed by atoms with E-state index in [1.54, 1.807) is 6.21 Å². The van der Waals surface area contributed by atoms with Gasteiger partial charge in [-0.2, -0.15) is 0 Å². The molecule has 0 fully saturated rings. The van der Waals surface area contributed by atoms with Crippen molar-refractivity contribution >= 4 is 12.0 Å². The number of rotatable bonds is 3. The van der Waals surface area contributed by atoms with Gasteiger partial charge in [0.1, 0.15) is 5.70 Å². The van der Waals surface area contributed by atoms with Crippen LogP contribution in [0, 0.1) is 19.8 Å². The van der Waals surface area contributed by atoms with E-state index in [0.717, 1.165) is 23.1 Å². The lowest BCUT2D eigenvalue weighted by Crippen LogP contribution is -2.10. The molecule has 92 valence electrons. The molecule has 2 rings (SSSR count). The molecule has 0 radical (unpaired) electrons. The Kier molecular flexibility index (Phi) is 3.56. The van der Waals surface area contributed by atoms with Gasteiger partial charge in [0, 0.05) is 17.7 Å². The molecule has 2 nitrogen and oxygen atoms in total. The van der Waals surface area contributed by atoms with Crippen LogP contribution in [0.3, 0.4) is 0 Å². The van der Waals surface area contributed by atoms with E-state index in [4.69, 9.17) is 0 Å². The number of aryl methyl sites for hydroxylation is 1. The molecule has 0 aromatic heterocycles. The maximum absolute atomic E-state index is 12.4. The third-order valence-corrected chi connectivity index (χ3v) is 3.37. The summed E-state index contributed by atoms with van der Waals surface area (Å²) in [5.74, 6) is 0.259. The highest BCUT2D eigenvalue weighted by Crippen LogP contribution is 2.20. The lowest BCUT2D eigenvalue weighted by molar-refractivity contribution is 0.103. The zero-order valence-electron chi connectivity index (χ0n) is 10.8. The fourth-order valence-corrected chi connectivity index (χ4v) is 1.98. The largest absolute Gasteiger partial charge is 0.287 e. The summed E-state index contributed by atoms with van der Waals surface area (Å²) in [4.78, 5) is 16.6. The minimum Gasteiger partial charge on any atom is -0.287 e. The number of ketones is 1. The van der Waals surface area contributed by atoms with Gasteiger partial charge in [-0.3, -0.25) is 9.79 Å². The van der Waals surface area contributed by atoms with Crippen LogP contribution >= 0.6 is 0 Å². The van der Waals surface area contributed by atoms with Gasteiger partial charge in [-0.15, -0.1) is 6.58 Å². The molecule has 0 spiro atoms. The van der Waals surface area contributed by atoms with Gasteiger partial charge in [-0.1, -0.05) is 30.4 Å². The van der Waals surface area contributed by atoms with E-state index in [2.05, 4.69) is 11.6 Å². The molecule has 2 heteroatoms. The maximum atomic E-state index is 12.4. The summed E-state index contributed by atoms with van der Waals surface area (Å²) in [5, 5.41) is 0. The summed E-state index contributed by atoms with van der Waals surface area (Å²) in [6.07, 6.45) is 6.35. The molecule has 1 heterocycles. The summed E-state index contributed by atoms with van der Waals surface area (Å²) in [6.45, 7) is 7.72. The van der Waals surface area contributed by atoms with E-state index in [0.29, 0.717) is 5.70 Å². The Morgan fingerprint density at radius 2 is 2.22 bits per heavy atom. The van der Waals surface area contributed by atoms with Crippen LogP contribution in [-0.4, -0.2) is 12.0 Å². The topological polar surface area (TPSA) is 29.4 Å². The van der Waals surface area contributed by atoms with E-state index < -0.39 is 0 Å². The number of nitrogens with zero attached hydrogens (tertiary/aromatic N) is 1. The van der Waals surface area contributed by atoms with Crippen molar-refractivity contribution in [3.63, 3.8) is 0 Å². The summed E-state index contributed by atoms with van der Waals surface area (Å²) >= 11 is 0. The molecule has 0 saturated heterocycles. The monoisotopic (exact) mass is 239 g/mol. The van der Waals surface area contributed by atoms with Crippen molar-refractivity contribution in [3.05, 3.63) is 59.3 Å². The standard InChI is InChI=1S/C16H17NO/c1-4-13-8-9-15(17-10-13)16(18)14-7-5-6-11(2)12(14)3/h4-7,9-10,13H,1,8H2,2-3H3. The van der Waals surface area contributed by atoms with Crippen LogP contribution in [0.5, 0.6) is 0 Å². The summed E-state index contributed by atoms with van der Waals surface area (Å²) in [6, 6.07) is 5.79. The van der Waals surface area contributed by atoms with Gasteiger partial charge >= 0.3 is 0 Å². The third-order valence-electron chi connectivity index (χ3n) is 3.37. The van der Waals surface area contributed by atoms with Crippen molar-refractivity contribution in [3.8, 4) is 0 Å². The van der Waals surface area contributed by atoms with Gasteiger partial charge in [0.15, 0.2) is 0 Å². The van der Waals surface area contributed by atoms with E-state index in [-0.39, 0.29) is 11.7 Å². The smallest absolute Gasteiger partial charge is 0.211 e. The Bertz CT molecular complexity index is 552. The molecule has 18 heavy (non-hydrogen) atoms. The van der Waals surface area contributed by atoms with Crippen LogP contribution in [0.2, 0.25) is 0 Å². The first-order valence-corrected chi connectivity index (χ1v) is 6.11. The van der Waals surface area contributed by atoms with Crippen LogP contribution in [0.1, 0.15) is 27.9 Å². The first kappa shape index (κ1) is 12.5. The molecular weight excluding hydrogens is 222 g/mol. The highest BCUT2D eigenvalue weighted by Gasteiger charge is 2.17. The first-order chi connectivity index (χ1) is 8.63. The highest BCUT2D eigenvalue weighted by molar-refractivity contribution is 6.10. The van der Waals surface area contributed by atoms with E-state index in [1.165, 1.54) is 0 Å². The minimum atomic E-state index is 0.00922. The summed E-state index contributed by atoms with van der Waals surface area (Å²) in [5.41, 5.74) is 3.45. The van der Waals surface area contributed by atoms with Crippen LogP contribution in [-0.2, 0) is 0 Å². The third kappa shape index (κ3) is 2.33. The Hall–Kier alpha value is -1.96. The van der Waals surface area contributed by atoms with Crippen molar-refractivity contribution in [2.75, 3.05) is 0 Å². The number of allylic oxidation sites excluding steroid dienone is 3. The SMILES string of the molecule is C=CC1C=NC(C(=O)c2cccc(C)c2C)=CC1. The fraction of sp³-hybridized carbons (Fsp3) is 0.250. The van der Waals surface area contributed by atoms with E-state index >= 15 is 0 Å². The zero-order valence-corrected chi connectivity index (χ0v) is 10.8. The van der Waals surface area contributed by atoms with Crippen molar-refractivity contribution in [1.29, 1.82) is 0 Å². The summed E-state index contributed by atoms with van der Waals surface area (Å²) in [7, 11) is 0. The number of benzene rings is 1. The molecule has 0 amide bonds. The quantitative estimate of drug-likeness (QED) is 0.585. The predicted molar refractivity (Wildman–Crippen MR) is 75.1 cm³/mol. The van der Waals surface area contributed by atoms with Crippen LogP contribution in [0.25, 0.3) is 0 Å². The molecule has 1 aliphatic heterocycles. The van der Waals surface area contributed by atoms with Gasteiger partial charge in [0.05, 0.1) is 0 Å². The lowest BCUT2D eigenvalue weighted by atomic mass is 9.96. The Balaban J connectivity index is 2.28. The molecule has 1 unspecified atom stereocenters. The molecule has 0 aliphatic carbocycles. The Morgan fingerprint density at radius 3 is 2.83 bits per heavy atom. The van der Waals surface area contributed by atoms with Gasteiger partial charge < -0.3 is 0 Å². The summed E-state index contributed by atoms with van der Waals surface area (Å²) < 4.78 is 0.